The first-order valence-electron chi connectivity index (χ1n) is 6.34. The molecule has 0 spiro atoms. The predicted octanol–water partition coefficient (Wildman–Crippen LogP) is 2.66. The van der Waals surface area contributed by atoms with Crippen molar-refractivity contribution in [2.75, 3.05) is 0 Å². The maximum absolute atomic E-state index is 11.6. The van der Waals surface area contributed by atoms with Gasteiger partial charge in [0.05, 0.1) is 5.54 Å². The summed E-state index contributed by atoms with van der Waals surface area (Å²) < 4.78 is 0. The van der Waals surface area contributed by atoms with Crippen LogP contribution in [0.2, 0.25) is 0 Å². The van der Waals surface area contributed by atoms with Crippen LogP contribution in [0.25, 0.3) is 0 Å². The van der Waals surface area contributed by atoms with Gasteiger partial charge in [-0.05, 0) is 32.6 Å². The molecule has 1 aliphatic carbocycles. The number of carbonyl (C=O) groups is 1. The highest BCUT2D eigenvalue weighted by molar-refractivity contribution is 5.75. The van der Waals surface area contributed by atoms with Gasteiger partial charge in [-0.25, -0.2) is 4.79 Å². The number of rotatable bonds is 1. The molecule has 1 saturated carbocycles. The van der Waals surface area contributed by atoms with Crippen LogP contribution in [0.1, 0.15) is 46.0 Å². The molecule has 1 aliphatic heterocycles. The van der Waals surface area contributed by atoms with E-state index < -0.39 is 0 Å². The van der Waals surface area contributed by atoms with E-state index in [1.807, 2.05) is 11.8 Å². The summed E-state index contributed by atoms with van der Waals surface area (Å²) >= 11 is 0. The summed E-state index contributed by atoms with van der Waals surface area (Å²) in [5, 5.41) is 0. The Bertz CT molecular complexity index is 307. The summed E-state index contributed by atoms with van der Waals surface area (Å²) in [6.45, 7) is 4.20. The fourth-order valence-electron chi connectivity index (χ4n) is 3.40. The zero-order chi connectivity index (χ0) is 11.8. The summed E-state index contributed by atoms with van der Waals surface area (Å²) in [7, 11) is 0. The van der Waals surface area contributed by atoms with Crippen LogP contribution >= 0.6 is 0 Å². The van der Waals surface area contributed by atoms with Crippen molar-refractivity contribution in [2.24, 2.45) is 11.7 Å². The first kappa shape index (κ1) is 11.5. The van der Waals surface area contributed by atoms with Crippen molar-refractivity contribution >= 4 is 6.03 Å². The lowest BCUT2D eigenvalue weighted by Crippen LogP contribution is -2.55. The highest BCUT2D eigenvalue weighted by atomic mass is 16.2. The molecule has 2 atom stereocenters. The summed E-state index contributed by atoms with van der Waals surface area (Å²) in [6, 6.07) is -0.144. The van der Waals surface area contributed by atoms with E-state index in [4.69, 9.17) is 5.73 Å². The van der Waals surface area contributed by atoms with Gasteiger partial charge in [-0.2, -0.15) is 0 Å². The zero-order valence-electron chi connectivity index (χ0n) is 10.3. The summed E-state index contributed by atoms with van der Waals surface area (Å²) in [5.74, 6) is 0.579. The predicted molar refractivity (Wildman–Crippen MR) is 65.0 cm³/mol. The summed E-state index contributed by atoms with van der Waals surface area (Å²) in [5.41, 5.74) is 5.37. The Labute approximate surface area is 97.7 Å². The smallest absolute Gasteiger partial charge is 0.315 e. The molecule has 0 aromatic heterocycles. The maximum Gasteiger partial charge on any atom is 0.315 e. The Balaban J connectivity index is 2.21. The van der Waals surface area contributed by atoms with Crippen molar-refractivity contribution in [3.05, 3.63) is 12.2 Å². The van der Waals surface area contributed by atoms with Crippen LogP contribution in [0.15, 0.2) is 12.2 Å². The van der Waals surface area contributed by atoms with Gasteiger partial charge in [0, 0.05) is 6.04 Å². The number of urea groups is 1. The molecule has 2 unspecified atom stereocenters. The molecule has 2 N–H and O–H groups in total. The van der Waals surface area contributed by atoms with E-state index in [0.717, 1.165) is 0 Å². The Kier molecular flexibility index (Phi) is 2.96. The molecular formula is C13H22N2O. The molecule has 90 valence electrons. The number of nitrogens with zero attached hydrogens (tertiary/aromatic N) is 1. The minimum Gasteiger partial charge on any atom is -0.351 e. The molecule has 1 fully saturated rings. The summed E-state index contributed by atoms with van der Waals surface area (Å²) in [6.07, 6.45) is 10.7. The molecule has 0 aromatic rings. The third kappa shape index (κ3) is 1.72. The average molecular weight is 222 g/mol. The van der Waals surface area contributed by atoms with Gasteiger partial charge in [-0.1, -0.05) is 31.4 Å². The third-order valence-corrected chi connectivity index (χ3v) is 4.31. The van der Waals surface area contributed by atoms with E-state index in [2.05, 4.69) is 19.1 Å². The molecule has 16 heavy (non-hydrogen) atoms. The quantitative estimate of drug-likeness (QED) is 0.681. The molecule has 0 saturated heterocycles. The highest BCUT2D eigenvalue weighted by Crippen LogP contribution is 2.41. The minimum absolute atomic E-state index is 0.143. The standard InChI is InChI=1S/C13H22N2O/c1-10-8-9-13(2,15(10)12(14)16)11-6-4-3-5-7-11/h8-11H,3-7H2,1-2H3,(H2,14,16). The number of primary amides is 1. The van der Waals surface area contributed by atoms with Crippen LogP contribution < -0.4 is 5.73 Å². The lowest BCUT2D eigenvalue weighted by molar-refractivity contribution is 0.0960. The van der Waals surface area contributed by atoms with E-state index in [0.29, 0.717) is 5.92 Å². The van der Waals surface area contributed by atoms with Crippen molar-refractivity contribution in [3.8, 4) is 0 Å². The molecule has 2 amide bonds. The van der Waals surface area contributed by atoms with Gasteiger partial charge in [0.25, 0.3) is 0 Å². The van der Waals surface area contributed by atoms with Crippen molar-refractivity contribution in [1.29, 1.82) is 0 Å². The van der Waals surface area contributed by atoms with Crippen LogP contribution in [-0.2, 0) is 0 Å². The van der Waals surface area contributed by atoms with Crippen LogP contribution in [0, 0.1) is 5.92 Å². The number of carbonyl (C=O) groups excluding carboxylic acids is 1. The van der Waals surface area contributed by atoms with Crippen LogP contribution in [-0.4, -0.2) is 22.5 Å². The molecule has 3 nitrogen and oxygen atoms in total. The van der Waals surface area contributed by atoms with E-state index in [1.165, 1.54) is 32.1 Å². The molecule has 3 heteroatoms. The first-order chi connectivity index (χ1) is 7.55. The van der Waals surface area contributed by atoms with Crippen molar-refractivity contribution in [1.82, 2.24) is 4.90 Å². The van der Waals surface area contributed by atoms with Gasteiger partial charge in [-0.15, -0.1) is 0 Å². The van der Waals surface area contributed by atoms with Gasteiger partial charge in [0.2, 0.25) is 0 Å². The molecular weight excluding hydrogens is 200 g/mol. The molecule has 0 aromatic carbocycles. The van der Waals surface area contributed by atoms with E-state index in [9.17, 15) is 4.79 Å². The SMILES string of the molecule is CC1C=CC(C)(C2CCCCC2)N1C(N)=O. The lowest BCUT2D eigenvalue weighted by atomic mass is 9.75. The largest absolute Gasteiger partial charge is 0.351 e. The number of amides is 2. The second-order valence-corrected chi connectivity index (χ2v) is 5.37. The van der Waals surface area contributed by atoms with Gasteiger partial charge < -0.3 is 10.6 Å². The van der Waals surface area contributed by atoms with Gasteiger partial charge in [0.15, 0.2) is 0 Å². The summed E-state index contributed by atoms with van der Waals surface area (Å²) in [4.78, 5) is 13.4. The first-order valence-corrected chi connectivity index (χ1v) is 6.34. The van der Waals surface area contributed by atoms with Crippen LogP contribution in [0.3, 0.4) is 0 Å². The number of nitrogens with two attached hydrogens (primary N) is 1. The topological polar surface area (TPSA) is 46.3 Å². The van der Waals surface area contributed by atoms with Crippen LogP contribution in [0.5, 0.6) is 0 Å². The third-order valence-electron chi connectivity index (χ3n) is 4.31. The van der Waals surface area contributed by atoms with Crippen LogP contribution in [0.4, 0.5) is 4.79 Å². The fraction of sp³-hybridized carbons (Fsp3) is 0.769. The van der Waals surface area contributed by atoms with Crippen molar-refractivity contribution < 1.29 is 4.79 Å². The van der Waals surface area contributed by atoms with E-state index in [-0.39, 0.29) is 17.6 Å². The maximum atomic E-state index is 11.6. The van der Waals surface area contributed by atoms with Crippen molar-refractivity contribution in [3.63, 3.8) is 0 Å². The number of hydrogen-bond donors (Lipinski definition) is 1. The Morgan fingerprint density at radius 3 is 2.56 bits per heavy atom. The molecule has 0 radical (unpaired) electrons. The normalized spacial score (nSPS) is 35.6. The minimum atomic E-state index is -0.287. The fourth-order valence-corrected chi connectivity index (χ4v) is 3.40. The van der Waals surface area contributed by atoms with E-state index >= 15 is 0 Å². The Morgan fingerprint density at radius 1 is 1.38 bits per heavy atom. The Morgan fingerprint density at radius 2 is 2.00 bits per heavy atom. The van der Waals surface area contributed by atoms with Gasteiger partial charge >= 0.3 is 6.03 Å². The second kappa shape index (κ2) is 4.11. The lowest BCUT2D eigenvalue weighted by Gasteiger charge is -2.43. The number of hydrogen-bond acceptors (Lipinski definition) is 1. The van der Waals surface area contributed by atoms with Gasteiger partial charge in [-0.3, -0.25) is 0 Å². The molecule has 1 heterocycles. The average Bonchev–Trinajstić information content (AvgIpc) is 2.57. The molecule has 0 bridgehead atoms. The van der Waals surface area contributed by atoms with Gasteiger partial charge in [0.1, 0.15) is 0 Å². The monoisotopic (exact) mass is 222 g/mol. The second-order valence-electron chi connectivity index (χ2n) is 5.37. The van der Waals surface area contributed by atoms with E-state index in [1.54, 1.807) is 0 Å². The Hall–Kier alpha value is -0.990. The highest BCUT2D eigenvalue weighted by Gasteiger charge is 2.44. The molecule has 2 rings (SSSR count). The van der Waals surface area contributed by atoms with Crippen molar-refractivity contribution in [2.45, 2.75) is 57.5 Å². The molecule has 2 aliphatic rings. The zero-order valence-corrected chi connectivity index (χ0v) is 10.3.